The summed E-state index contributed by atoms with van der Waals surface area (Å²) in [6.45, 7) is 2.87. The lowest BCUT2D eigenvalue weighted by Gasteiger charge is -2.30. The van der Waals surface area contributed by atoms with Crippen LogP contribution in [-0.4, -0.2) is 28.6 Å². The van der Waals surface area contributed by atoms with Crippen LogP contribution in [0.1, 0.15) is 36.0 Å². The molecule has 1 aromatic carbocycles. The van der Waals surface area contributed by atoms with E-state index in [9.17, 15) is 4.79 Å². The standard InChI is InChI=1S/C18H22N4O2/c1-13-19-9-7-16(21-13)12-20-18(23)22-15-8-10-24-17(11-15)14-5-3-2-4-6-14/h2-7,9,15,17H,8,10-12H2,1H3,(H2,20,22,23)/t15-,17+/m0/s1. The lowest BCUT2D eigenvalue weighted by molar-refractivity contribution is 0.00225. The Labute approximate surface area is 141 Å². The lowest BCUT2D eigenvalue weighted by Crippen LogP contribution is -2.44. The normalized spacial score (nSPS) is 20.4. The first-order chi connectivity index (χ1) is 11.7. The Kier molecular flexibility index (Phi) is 5.38. The van der Waals surface area contributed by atoms with E-state index in [-0.39, 0.29) is 18.2 Å². The van der Waals surface area contributed by atoms with Gasteiger partial charge in [0.15, 0.2) is 0 Å². The molecular formula is C18H22N4O2. The molecule has 0 bridgehead atoms. The van der Waals surface area contributed by atoms with Gasteiger partial charge in [0.1, 0.15) is 5.82 Å². The van der Waals surface area contributed by atoms with Crippen LogP contribution in [0, 0.1) is 6.92 Å². The van der Waals surface area contributed by atoms with E-state index in [0.29, 0.717) is 19.0 Å². The quantitative estimate of drug-likeness (QED) is 0.905. The zero-order valence-corrected chi connectivity index (χ0v) is 13.7. The van der Waals surface area contributed by atoms with E-state index in [1.807, 2.05) is 25.1 Å². The summed E-state index contributed by atoms with van der Waals surface area (Å²) in [5, 5.41) is 5.88. The van der Waals surface area contributed by atoms with Crippen molar-refractivity contribution in [1.29, 1.82) is 0 Å². The Hall–Kier alpha value is -2.47. The number of hydrogen-bond donors (Lipinski definition) is 2. The smallest absolute Gasteiger partial charge is 0.315 e. The third kappa shape index (κ3) is 4.52. The van der Waals surface area contributed by atoms with E-state index in [1.54, 1.807) is 12.3 Å². The summed E-state index contributed by atoms with van der Waals surface area (Å²) in [4.78, 5) is 20.4. The zero-order valence-electron chi connectivity index (χ0n) is 13.7. The zero-order chi connectivity index (χ0) is 16.8. The molecule has 1 fully saturated rings. The maximum absolute atomic E-state index is 12.1. The van der Waals surface area contributed by atoms with E-state index in [1.165, 1.54) is 0 Å². The fourth-order valence-electron chi connectivity index (χ4n) is 2.84. The number of amides is 2. The average Bonchev–Trinajstić information content (AvgIpc) is 2.61. The van der Waals surface area contributed by atoms with Gasteiger partial charge in [0.2, 0.25) is 0 Å². The molecule has 1 aromatic heterocycles. The maximum Gasteiger partial charge on any atom is 0.315 e. The number of nitrogens with one attached hydrogen (secondary N) is 2. The van der Waals surface area contributed by atoms with Crippen molar-refractivity contribution in [1.82, 2.24) is 20.6 Å². The number of ether oxygens (including phenoxy) is 1. The van der Waals surface area contributed by atoms with Gasteiger partial charge in [0.25, 0.3) is 0 Å². The molecule has 2 N–H and O–H groups in total. The van der Waals surface area contributed by atoms with Crippen molar-refractivity contribution in [3.8, 4) is 0 Å². The van der Waals surface area contributed by atoms with Gasteiger partial charge in [0, 0.05) is 18.8 Å². The Morgan fingerprint density at radius 1 is 1.29 bits per heavy atom. The number of urea groups is 1. The topological polar surface area (TPSA) is 76.1 Å². The lowest BCUT2D eigenvalue weighted by atomic mass is 9.97. The number of nitrogens with zero attached hydrogens (tertiary/aromatic N) is 2. The Bertz CT molecular complexity index is 678. The highest BCUT2D eigenvalue weighted by atomic mass is 16.5. The van der Waals surface area contributed by atoms with Crippen molar-refractivity contribution in [2.75, 3.05) is 6.61 Å². The van der Waals surface area contributed by atoms with Gasteiger partial charge in [0.05, 0.1) is 18.3 Å². The minimum absolute atomic E-state index is 0.0368. The van der Waals surface area contributed by atoms with Crippen LogP contribution in [0.4, 0.5) is 4.79 Å². The van der Waals surface area contributed by atoms with E-state index in [2.05, 4.69) is 32.7 Å². The van der Waals surface area contributed by atoms with E-state index >= 15 is 0 Å². The fraction of sp³-hybridized carbons (Fsp3) is 0.389. The molecule has 1 aliphatic heterocycles. The average molecular weight is 326 g/mol. The molecule has 0 spiro atoms. The van der Waals surface area contributed by atoms with Gasteiger partial charge in [-0.1, -0.05) is 30.3 Å². The first kappa shape index (κ1) is 16.4. The molecule has 24 heavy (non-hydrogen) atoms. The number of aromatic nitrogens is 2. The number of hydrogen-bond acceptors (Lipinski definition) is 4. The highest BCUT2D eigenvalue weighted by Crippen LogP contribution is 2.27. The van der Waals surface area contributed by atoms with Crippen LogP contribution in [-0.2, 0) is 11.3 Å². The molecule has 2 heterocycles. The summed E-state index contributed by atoms with van der Waals surface area (Å²) in [7, 11) is 0. The third-order valence-electron chi connectivity index (χ3n) is 4.05. The molecule has 3 rings (SSSR count). The summed E-state index contributed by atoms with van der Waals surface area (Å²) >= 11 is 0. The van der Waals surface area contributed by atoms with Crippen molar-refractivity contribution < 1.29 is 9.53 Å². The first-order valence-electron chi connectivity index (χ1n) is 8.20. The second-order valence-electron chi connectivity index (χ2n) is 5.91. The molecule has 1 aliphatic rings. The molecule has 6 nitrogen and oxygen atoms in total. The van der Waals surface area contributed by atoms with Crippen LogP contribution in [0.25, 0.3) is 0 Å². The monoisotopic (exact) mass is 326 g/mol. The van der Waals surface area contributed by atoms with Crippen LogP contribution in [0.2, 0.25) is 0 Å². The maximum atomic E-state index is 12.1. The van der Waals surface area contributed by atoms with Crippen molar-refractivity contribution >= 4 is 6.03 Å². The van der Waals surface area contributed by atoms with Gasteiger partial charge in [-0.05, 0) is 31.4 Å². The van der Waals surface area contributed by atoms with Gasteiger partial charge < -0.3 is 15.4 Å². The highest BCUT2D eigenvalue weighted by Gasteiger charge is 2.24. The van der Waals surface area contributed by atoms with Crippen molar-refractivity contribution in [3.05, 3.63) is 59.7 Å². The van der Waals surface area contributed by atoms with Crippen molar-refractivity contribution in [2.45, 2.75) is 38.5 Å². The second kappa shape index (κ2) is 7.88. The van der Waals surface area contributed by atoms with Crippen LogP contribution < -0.4 is 10.6 Å². The molecule has 0 unspecified atom stereocenters. The molecule has 126 valence electrons. The minimum Gasteiger partial charge on any atom is -0.373 e. The molecule has 2 amide bonds. The third-order valence-corrected chi connectivity index (χ3v) is 4.05. The van der Waals surface area contributed by atoms with E-state index < -0.39 is 0 Å². The number of aryl methyl sites for hydroxylation is 1. The molecule has 2 atom stereocenters. The molecular weight excluding hydrogens is 304 g/mol. The van der Waals surface area contributed by atoms with Gasteiger partial charge in [-0.2, -0.15) is 0 Å². The summed E-state index contributed by atoms with van der Waals surface area (Å²) in [6.07, 6.45) is 3.34. The van der Waals surface area contributed by atoms with Crippen molar-refractivity contribution in [3.63, 3.8) is 0 Å². The van der Waals surface area contributed by atoms with Gasteiger partial charge in [-0.15, -0.1) is 0 Å². The largest absolute Gasteiger partial charge is 0.373 e. The fourth-order valence-corrected chi connectivity index (χ4v) is 2.84. The number of rotatable bonds is 4. The molecule has 0 radical (unpaired) electrons. The van der Waals surface area contributed by atoms with Gasteiger partial charge in [-0.25, -0.2) is 14.8 Å². The number of benzene rings is 1. The molecule has 2 aromatic rings. The predicted molar refractivity (Wildman–Crippen MR) is 90.3 cm³/mol. The summed E-state index contributed by atoms with van der Waals surface area (Å²) in [6, 6.07) is 11.9. The van der Waals surface area contributed by atoms with Crippen LogP contribution in [0.3, 0.4) is 0 Å². The van der Waals surface area contributed by atoms with Crippen molar-refractivity contribution in [2.24, 2.45) is 0 Å². The molecule has 1 saturated heterocycles. The van der Waals surface area contributed by atoms with Crippen LogP contribution in [0.15, 0.2) is 42.6 Å². The van der Waals surface area contributed by atoms with E-state index in [4.69, 9.17) is 4.74 Å². The number of carbonyl (C=O) groups excluding carboxylic acids is 1. The molecule has 6 heteroatoms. The second-order valence-corrected chi connectivity index (χ2v) is 5.91. The SMILES string of the molecule is Cc1nccc(CNC(=O)N[C@H]2CCO[C@@H](c3ccccc3)C2)n1. The molecule has 0 aliphatic carbocycles. The Morgan fingerprint density at radius 3 is 2.92 bits per heavy atom. The Balaban J connectivity index is 1.49. The van der Waals surface area contributed by atoms with E-state index in [0.717, 1.165) is 24.1 Å². The molecule has 0 saturated carbocycles. The van der Waals surface area contributed by atoms with Gasteiger partial charge >= 0.3 is 6.03 Å². The van der Waals surface area contributed by atoms with Gasteiger partial charge in [-0.3, -0.25) is 0 Å². The van der Waals surface area contributed by atoms with Crippen LogP contribution in [0.5, 0.6) is 0 Å². The summed E-state index contributed by atoms with van der Waals surface area (Å²) in [5.74, 6) is 0.699. The minimum atomic E-state index is -0.176. The first-order valence-corrected chi connectivity index (χ1v) is 8.20. The summed E-state index contributed by atoms with van der Waals surface area (Å²) in [5.41, 5.74) is 1.95. The Morgan fingerprint density at radius 2 is 2.12 bits per heavy atom. The highest BCUT2D eigenvalue weighted by molar-refractivity contribution is 5.74. The van der Waals surface area contributed by atoms with Crippen LogP contribution >= 0.6 is 0 Å². The number of carbonyl (C=O) groups is 1. The summed E-state index contributed by atoms with van der Waals surface area (Å²) < 4.78 is 5.83. The predicted octanol–water partition coefficient (Wildman–Crippen LogP) is 2.50.